The molecule has 0 unspecified atom stereocenters. The van der Waals surface area contributed by atoms with Crippen LogP contribution in [0.3, 0.4) is 0 Å². The summed E-state index contributed by atoms with van der Waals surface area (Å²) in [5.74, 6) is -0.902. The molecule has 5 nitrogen and oxygen atoms in total. The molecular formula is C18H17FINO4S. The Morgan fingerprint density at radius 2 is 2.19 bits per heavy atom. The van der Waals surface area contributed by atoms with Gasteiger partial charge in [0.15, 0.2) is 5.78 Å². The van der Waals surface area contributed by atoms with E-state index in [0.717, 1.165) is 8.63 Å². The summed E-state index contributed by atoms with van der Waals surface area (Å²) in [5, 5.41) is 10.7. The van der Waals surface area contributed by atoms with E-state index in [0.29, 0.717) is 26.4 Å². The first-order chi connectivity index (χ1) is 12.3. The molecule has 1 atom stereocenters. The van der Waals surface area contributed by atoms with E-state index in [2.05, 4.69) is 0 Å². The Labute approximate surface area is 167 Å². The highest BCUT2D eigenvalue weighted by molar-refractivity contribution is 14.1. The third-order valence-corrected chi connectivity index (χ3v) is 6.21. The maximum absolute atomic E-state index is 14.3. The van der Waals surface area contributed by atoms with E-state index in [1.807, 2.05) is 22.6 Å². The fourth-order valence-corrected chi connectivity index (χ4v) is 4.56. The molecule has 0 spiro atoms. The molecule has 1 aromatic heterocycles. The number of Topliss-reactive ketones (excluding diaryl/α,β-unsaturated/α-hetero) is 1. The topological polar surface area (TPSA) is 66.8 Å². The van der Waals surface area contributed by atoms with Crippen molar-refractivity contribution in [3.05, 3.63) is 54.0 Å². The Hall–Kier alpha value is -1.36. The largest absolute Gasteiger partial charge is 0.389 e. The van der Waals surface area contributed by atoms with Crippen molar-refractivity contribution < 1.29 is 23.9 Å². The molecule has 8 heteroatoms. The average Bonchev–Trinajstić information content (AvgIpc) is 3.13. The third kappa shape index (κ3) is 3.83. The van der Waals surface area contributed by atoms with Crippen LogP contribution in [0.5, 0.6) is 0 Å². The van der Waals surface area contributed by atoms with Gasteiger partial charge in [0.05, 0.1) is 17.0 Å². The number of halogens is 2. The molecule has 138 valence electrons. The van der Waals surface area contributed by atoms with Crippen LogP contribution in [-0.4, -0.2) is 41.1 Å². The Morgan fingerprint density at radius 1 is 1.46 bits per heavy atom. The number of hydrogen-bond donors (Lipinski definition) is 1. The van der Waals surface area contributed by atoms with Crippen LogP contribution >= 0.6 is 33.9 Å². The van der Waals surface area contributed by atoms with Crippen LogP contribution in [0.2, 0.25) is 0 Å². The summed E-state index contributed by atoms with van der Waals surface area (Å²) >= 11 is 3.24. The lowest BCUT2D eigenvalue weighted by Gasteiger charge is -2.15. The molecule has 1 fully saturated rings. The molecule has 3 rings (SSSR count). The van der Waals surface area contributed by atoms with Gasteiger partial charge in [-0.15, -0.1) is 11.3 Å². The Bertz CT molecular complexity index is 882. The zero-order chi connectivity index (χ0) is 19.0. The van der Waals surface area contributed by atoms with Crippen molar-refractivity contribution in [3.8, 4) is 0 Å². The first-order valence-corrected chi connectivity index (χ1v) is 9.87. The molecule has 0 saturated carbocycles. The van der Waals surface area contributed by atoms with Crippen LogP contribution in [-0.2, 0) is 11.3 Å². The van der Waals surface area contributed by atoms with Crippen molar-refractivity contribution in [1.29, 1.82) is 0 Å². The molecule has 1 aliphatic rings. The molecule has 0 aliphatic carbocycles. The van der Waals surface area contributed by atoms with Gasteiger partial charge in [-0.1, -0.05) is 6.07 Å². The van der Waals surface area contributed by atoms with Gasteiger partial charge in [0.25, 0.3) is 5.91 Å². The summed E-state index contributed by atoms with van der Waals surface area (Å²) in [6.07, 6.45) is -0.527. The number of aliphatic hydroxyl groups is 1. The molecule has 26 heavy (non-hydrogen) atoms. The number of β-amino-alcohol motifs (C(OH)–C–C–N with tert-alkyl or cyclic N) is 1. The van der Waals surface area contributed by atoms with Crippen LogP contribution in [0, 0.1) is 16.3 Å². The summed E-state index contributed by atoms with van der Waals surface area (Å²) in [5.41, 5.74) is 1.38. The zero-order valence-corrected chi connectivity index (χ0v) is 17.2. The van der Waals surface area contributed by atoms with Crippen LogP contribution in [0.4, 0.5) is 4.39 Å². The van der Waals surface area contributed by atoms with Gasteiger partial charge in [0.1, 0.15) is 18.5 Å². The van der Waals surface area contributed by atoms with Crippen molar-refractivity contribution in [3.63, 3.8) is 0 Å². The van der Waals surface area contributed by atoms with Gasteiger partial charge in [-0.3, -0.25) is 14.4 Å². The highest BCUT2D eigenvalue weighted by Gasteiger charge is 2.32. The monoisotopic (exact) mass is 489 g/mol. The minimum atomic E-state index is -0.734. The van der Waals surface area contributed by atoms with Gasteiger partial charge in [0, 0.05) is 14.9 Å². The van der Waals surface area contributed by atoms with Crippen LogP contribution < -0.4 is 0 Å². The SMILES string of the molecule is CC(=O)c1sc(Cc2ccc(I)cc2F)c(C(=O)N2C[C@@H](O)CO2)c1C. The average molecular weight is 489 g/mol. The van der Waals surface area contributed by atoms with Gasteiger partial charge in [-0.05, 0) is 59.7 Å². The number of amides is 1. The minimum absolute atomic E-state index is 0.0512. The standard InChI is InChI=1S/C18H17FINO4S/c1-9-16(18(24)21-7-13(23)8-25-21)15(26-17(9)10(2)22)5-11-3-4-12(20)6-14(11)19/h3-4,6,13,23H,5,7-8H2,1-2H3/t13-/m1/s1. The Morgan fingerprint density at radius 3 is 2.77 bits per heavy atom. The van der Waals surface area contributed by atoms with E-state index in [1.165, 1.54) is 24.3 Å². The van der Waals surface area contributed by atoms with Crippen molar-refractivity contribution in [2.45, 2.75) is 26.4 Å². The predicted molar refractivity (Wildman–Crippen MR) is 104 cm³/mol. The summed E-state index contributed by atoms with van der Waals surface area (Å²) in [6.45, 7) is 3.27. The maximum atomic E-state index is 14.3. The van der Waals surface area contributed by atoms with Crippen LogP contribution in [0.25, 0.3) is 0 Å². The number of aliphatic hydroxyl groups excluding tert-OH is 1. The number of carbonyl (C=O) groups is 2. The van der Waals surface area contributed by atoms with Gasteiger partial charge in [-0.25, -0.2) is 9.45 Å². The Kier molecular flexibility index (Phi) is 5.75. The second kappa shape index (κ2) is 7.71. The number of thiophene rings is 1. The third-order valence-electron chi connectivity index (χ3n) is 4.15. The minimum Gasteiger partial charge on any atom is -0.389 e. The van der Waals surface area contributed by atoms with Crippen molar-refractivity contribution in [1.82, 2.24) is 5.06 Å². The number of hydroxylamine groups is 2. The fraction of sp³-hybridized carbons (Fsp3) is 0.333. The second-order valence-corrected chi connectivity index (χ2v) is 8.49. The van der Waals surface area contributed by atoms with E-state index in [-0.39, 0.29) is 31.2 Å². The lowest BCUT2D eigenvalue weighted by molar-refractivity contribution is -0.0780. The number of nitrogens with zero attached hydrogens (tertiary/aromatic N) is 1. The smallest absolute Gasteiger partial charge is 0.278 e. The van der Waals surface area contributed by atoms with E-state index >= 15 is 0 Å². The number of rotatable bonds is 4. The number of hydrogen-bond acceptors (Lipinski definition) is 5. The maximum Gasteiger partial charge on any atom is 0.278 e. The molecule has 1 amide bonds. The zero-order valence-electron chi connectivity index (χ0n) is 14.2. The lowest BCUT2D eigenvalue weighted by Crippen LogP contribution is -2.29. The molecule has 1 saturated heterocycles. The fourth-order valence-electron chi connectivity index (χ4n) is 2.89. The number of carbonyl (C=O) groups excluding carboxylic acids is 2. The summed E-state index contributed by atoms with van der Waals surface area (Å²) in [4.78, 5) is 31.1. The van der Waals surface area contributed by atoms with Gasteiger partial charge in [0.2, 0.25) is 0 Å². The summed E-state index contributed by atoms with van der Waals surface area (Å²) < 4.78 is 15.1. The quantitative estimate of drug-likeness (QED) is 0.529. The van der Waals surface area contributed by atoms with Crippen molar-refractivity contribution >= 4 is 45.6 Å². The molecular weight excluding hydrogens is 472 g/mol. The van der Waals surface area contributed by atoms with Crippen molar-refractivity contribution in [2.24, 2.45) is 0 Å². The van der Waals surface area contributed by atoms with E-state index in [4.69, 9.17) is 4.84 Å². The molecule has 1 aliphatic heterocycles. The van der Waals surface area contributed by atoms with E-state index in [9.17, 15) is 19.1 Å². The molecule has 1 aromatic carbocycles. The number of ketones is 1. The molecule has 0 bridgehead atoms. The first kappa shape index (κ1) is 19.4. The van der Waals surface area contributed by atoms with Crippen LogP contribution in [0.1, 0.15) is 43.0 Å². The van der Waals surface area contributed by atoms with Gasteiger partial charge in [-0.2, -0.15) is 0 Å². The molecule has 1 N–H and O–H groups in total. The normalized spacial score (nSPS) is 17.0. The van der Waals surface area contributed by atoms with Crippen molar-refractivity contribution in [2.75, 3.05) is 13.2 Å². The van der Waals surface area contributed by atoms with E-state index in [1.54, 1.807) is 19.1 Å². The highest BCUT2D eigenvalue weighted by atomic mass is 127. The Balaban J connectivity index is 2.02. The van der Waals surface area contributed by atoms with Crippen LogP contribution in [0.15, 0.2) is 18.2 Å². The first-order valence-electron chi connectivity index (χ1n) is 7.98. The number of benzene rings is 1. The van der Waals surface area contributed by atoms with Gasteiger partial charge < -0.3 is 5.11 Å². The van der Waals surface area contributed by atoms with Gasteiger partial charge >= 0.3 is 0 Å². The highest BCUT2D eigenvalue weighted by Crippen LogP contribution is 2.33. The molecule has 0 radical (unpaired) electrons. The lowest BCUT2D eigenvalue weighted by atomic mass is 10.0. The van der Waals surface area contributed by atoms with E-state index < -0.39 is 12.0 Å². The summed E-state index contributed by atoms with van der Waals surface area (Å²) in [6, 6.07) is 4.92. The second-order valence-electron chi connectivity index (χ2n) is 6.14. The summed E-state index contributed by atoms with van der Waals surface area (Å²) in [7, 11) is 0. The molecule has 2 aromatic rings. The molecule has 2 heterocycles. The predicted octanol–water partition coefficient (Wildman–Crippen LogP) is 3.34.